The molecular formula is C9H10N4OS. The molecule has 0 saturated heterocycles. The molecule has 0 radical (unpaired) electrons. The third-order valence-corrected chi connectivity index (χ3v) is 3.37. The zero-order valence-electron chi connectivity index (χ0n) is 8.09. The highest BCUT2D eigenvalue weighted by Crippen LogP contribution is 2.21. The van der Waals surface area contributed by atoms with Crippen molar-refractivity contribution in [3.8, 4) is 11.6 Å². The zero-order valence-corrected chi connectivity index (χ0v) is 8.90. The van der Waals surface area contributed by atoms with Gasteiger partial charge in [0.05, 0.1) is 6.20 Å². The molecule has 15 heavy (non-hydrogen) atoms. The number of hydrogen-bond acceptors (Lipinski definition) is 5. The van der Waals surface area contributed by atoms with Gasteiger partial charge in [-0.1, -0.05) is 0 Å². The van der Waals surface area contributed by atoms with E-state index in [1.54, 1.807) is 6.20 Å². The fourth-order valence-corrected chi connectivity index (χ4v) is 2.53. The van der Waals surface area contributed by atoms with Gasteiger partial charge in [0, 0.05) is 24.5 Å². The smallest absolute Gasteiger partial charge is 0.201 e. The maximum absolute atomic E-state index is 5.24. The van der Waals surface area contributed by atoms with Crippen LogP contribution in [0.5, 0.6) is 0 Å². The Balaban J connectivity index is 2.06. The SMILES string of the molecule is c1ncc(-c2nnc3n2CCSCC3)o1. The summed E-state index contributed by atoms with van der Waals surface area (Å²) in [4.78, 5) is 3.90. The molecule has 6 heteroatoms. The molecule has 0 aliphatic carbocycles. The molecule has 1 aliphatic heterocycles. The van der Waals surface area contributed by atoms with Crippen molar-refractivity contribution in [2.24, 2.45) is 0 Å². The van der Waals surface area contributed by atoms with E-state index in [1.807, 2.05) is 11.8 Å². The molecule has 3 rings (SSSR count). The van der Waals surface area contributed by atoms with Crippen molar-refractivity contribution in [2.45, 2.75) is 13.0 Å². The summed E-state index contributed by atoms with van der Waals surface area (Å²) in [5.74, 6) is 4.76. The van der Waals surface area contributed by atoms with Gasteiger partial charge in [-0.15, -0.1) is 10.2 Å². The minimum absolute atomic E-state index is 0.695. The van der Waals surface area contributed by atoms with Crippen LogP contribution in [0.15, 0.2) is 17.0 Å². The second-order valence-corrected chi connectivity index (χ2v) is 4.54. The molecule has 0 aromatic carbocycles. The number of nitrogens with zero attached hydrogens (tertiary/aromatic N) is 4. The van der Waals surface area contributed by atoms with Gasteiger partial charge in [0.15, 0.2) is 12.2 Å². The maximum atomic E-state index is 5.24. The molecule has 0 N–H and O–H groups in total. The quantitative estimate of drug-likeness (QED) is 0.726. The van der Waals surface area contributed by atoms with Crippen molar-refractivity contribution in [3.05, 3.63) is 18.4 Å². The molecule has 0 amide bonds. The van der Waals surface area contributed by atoms with Gasteiger partial charge in [0.1, 0.15) is 5.82 Å². The van der Waals surface area contributed by atoms with Crippen molar-refractivity contribution in [2.75, 3.05) is 11.5 Å². The Morgan fingerprint density at radius 3 is 3.20 bits per heavy atom. The van der Waals surface area contributed by atoms with Gasteiger partial charge in [0.25, 0.3) is 0 Å². The van der Waals surface area contributed by atoms with Crippen molar-refractivity contribution in [1.29, 1.82) is 0 Å². The Labute approximate surface area is 90.9 Å². The molecule has 0 spiro atoms. The van der Waals surface area contributed by atoms with Gasteiger partial charge >= 0.3 is 0 Å². The Kier molecular flexibility index (Phi) is 2.21. The normalized spacial score (nSPS) is 16.0. The van der Waals surface area contributed by atoms with E-state index in [4.69, 9.17) is 4.42 Å². The first-order valence-corrected chi connectivity index (χ1v) is 5.99. The first kappa shape index (κ1) is 8.96. The summed E-state index contributed by atoms with van der Waals surface area (Å²) in [5, 5.41) is 8.34. The predicted octanol–water partition coefficient (Wildman–Crippen LogP) is 1.22. The molecular weight excluding hydrogens is 212 g/mol. The molecule has 5 nitrogen and oxygen atoms in total. The largest absolute Gasteiger partial charge is 0.440 e. The number of rotatable bonds is 1. The Morgan fingerprint density at radius 1 is 1.33 bits per heavy atom. The third-order valence-electron chi connectivity index (χ3n) is 2.41. The number of thioether (sulfide) groups is 1. The first-order valence-electron chi connectivity index (χ1n) is 4.84. The summed E-state index contributed by atoms with van der Waals surface area (Å²) < 4.78 is 7.37. The molecule has 3 heterocycles. The molecule has 0 bridgehead atoms. The summed E-state index contributed by atoms with van der Waals surface area (Å²) in [6.45, 7) is 0.947. The van der Waals surface area contributed by atoms with Gasteiger partial charge in [-0.2, -0.15) is 11.8 Å². The van der Waals surface area contributed by atoms with Crippen LogP contribution in [0.3, 0.4) is 0 Å². The Hall–Kier alpha value is -1.30. The lowest BCUT2D eigenvalue weighted by molar-refractivity contribution is 0.560. The molecule has 0 fully saturated rings. The minimum atomic E-state index is 0.695. The van der Waals surface area contributed by atoms with E-state index in [9.17, 15) is 0 Å². The van der Waals surface area contributed by atoms with Crippen molar-refractivity contribution < 1.29 is 4.42 Å². The summed E-state index contributed by atoms with van der Waals surface area (Å²) in [5.41, 5.74) is 0. The predicted molar refractivity (Wildman–Crippen MR) is 56.5 cm³/mol. The summed E-state index contributed by atoms with van der Waals surface area (Å²) >= 11 is 1.95. The highest BCUT2D eigenvalue weighted by Gasteiger charge is 2.17. The van der Waals surface area contributed by atoms with Gasteiger partial charge < -0.3 is 8.98 Å². The lowest BCUT2D eigenvalue weighted by Crippen LogP contribution is -2.04. The van der Waals surface area contributed by atoms with E-state index in [0.29, 0.717) is 5.76 Å². The maximum Gasteiger partial charge on any atom is 0.201 e. The molecule has 78 valence electrons. The van der Waals surface area contributed by atoms with Gasteiger partial charge in [-0.05, 0) is 0 Å². The first-order chi connectivity index (χ1) is 7.45. The van der Waals surface area contributed by atoms with Crippen LogP contribution >= 0.6 is 11.8 Å². The van der Waals surface area contributed by atoms with Gasteiger partial charge in [0.2, 0.25) is 5.82 Å². The van der Waals surface area contributed by atoms with Crippen LogP contribution in [0.2, 0.25) is 0 Å². The van der Waals surface area contributed by atoms with Gasteiger partial charge in [-0.25, -0.2) is 4.98 Å². The van der Waals surface area contributed by atoms with Crippen LogP contribution < -0.4 is 0 Å². The Morgan fingerprint density at radius 2 is 2.33 bits per heavy atom. The van der Waals surface area contributed by atoms with Crippen molar-refractivity contribution in [3.63, 3.8) is 0 Å². The number of aryl methyl sites for hydroxylation is 1. The Bertz CT molecular complexity index is 451. The topological polar surface area (TPSA) is 56.7 Å². The highest BCUT2D eigenvalue weighted by atomic mass is 32.2. The average molecular weight is 222 g/mol. The standard InChI is InChI=1S/C9H10N4OS/c1-3-15-4-2-13-8(1)11-12-9(13)7-5-10-6-14-7/h5-6H,1-4H2. The van der Waals surface area contributed by atoms with Crippen molar-refractivity contribution >= 4 is 11.8 Å². The lowest BCUT2D eigenvalue weighted by atomic mass is 10.4. The lowest BCUT2D eigenvalue weighted by Gasteiger charge is -2.03. The fourth-order valence-electron chi connectivity index (χ4n) is 1.69. The average Bonchev–Trinajstić information content (AvgIpc) is 2.83. The number of oxazole rings is 1. The van der Waals surface area contributed by atoms with Crippen LogP contribution in [0.1, 0.15) is 5.82 Å². The molecule has 1 aliphatic rings. The summed E-state index contributed by atoms with van der Waals surface area (Å²) in [6, 6.07) is 0. The monoisotopic (exact) mass is 222 g/mol. The third kappa shape index (κ3) is 1.54. The summed E-state index contributed by atoms with van der Waals surface area (Å²) in [6.07, 6.45) is 4.07. The van der Waals surface area contributed by atoms with Crippen molar-refractivity contribution in [1.82, 2.24) is 19.7 Å². The van der Waals surface area contributed by atoms with Crippen LogP contribution in [-0.2, 0) is 13.0 Å². The molecule has 0 unspecified atom stereocenters. The zero-order chi connectivity index (χ0) is 10.1. The molecule has 0 atom stereocenters. The fraction of sp³-hybridized carbons (Fsp3) is 0.444. The number of hydrogen-bond donors (Lipinski definition) is 0. The number of aromatic nitrogens is 4. The second-order valence-electron chi connectivity index (χ2n) is 3.32. The van der Waals surface area contributed by atoms with E-state index in [0.717, 1.165) is 36.1 Å². The van der Waals surface area contributed by atoms with Crippen LogP contribution in [0.25, 0.3) is 11.6 Å². The van der Waals surface area contributed by atoms with E-state index in [2.05, 4.69) is 19.7 Å². The molecule has 0 saturated carbocycles. The minimum Gasteiger partial charge on any atom is -0.440 e. The van der Waals surface area contributed by atoms with E-state index >= 15 is 0 Å². The van der Waals surface area contributed by atoms with E-state index < -0.39 is 0 Å². The number of fused-ring (bicyclic) bond motifs is 1. The van der Waals surface area contributed by atoms with E-state index in [1.165, 1.54) is 6.39 Å². The van der Waals surface area contributed by atoms with Gasteiger partial charge in [-0.3, -0.25) is 0 Å². The molecule has 2 aromatic rings. The molecule has 2 aromatic heterocycles. The van der Waals surface area contributed by atoms with E-state index in [-0.39, 0.29) is 0 Å². The van der Waals surface area contributed by atoms with Crippen LogP contribution in [0, 0.1) is 0 Å². The highest BCUT2D eigenvalue weighted by molar-refractivity contribution is 7.99. The van der Waals surface area contributed by atoms with Crippen LogP contribution in [-0.4, -0.2) is 31.3 Å². The second kappa shape index (κ2) is 3.69. The summed E-state index contributed by atoms with van der Waals surface area (Å²) in [7, 11) is 0. The van der Waals surface area contributed by atoms with Crippen LogP contribution in [0.4, 0.5) is 0 Å².